The molecule has 0 atom stereocenters. The summed E-state index contributed by atoms with van der Waals surface area (Å²) < 4.78 is 6.75. The summed E-state index contributed by atoms with van der Waals surface area (Å²) in [6, 6.07) is 12.0. The molecule has 1 aromatic carbocycles. The summed E-state index contributed by atoms with van der Waals surface area (Å²) in [6.45, 7) is 0.448. The van der Waals surface area contributed by atoms with Crippen molar-refractivity contribution in [2.75, 3.05) is 0 Å². The number of benzene rings is 1. The van der Waals surface area contributed by atoms with E-state index in [2.05, 4.69) is 28.7 Å². The molecule has 0 fully saturated rings. The monoisotopic (exact) mass is 299 g/mol. The second-order valence-electron chi connectivity index (χ2n) is 2.95. The average Bonchev–Trinajstić information content (AvgIpc) is 2.67. The molecule has 0 unspecified atom stereocenters. The molecule has 0 saturated carbocycles. The van der Waals surface area contributed by atoms with Gasteiger partial charge in [0.05, 0.1) is 6.54 Å². The average molecular weight is 299 g/mol. The Morgan fingerprint density at radius 1 is 1.14 bits per heavy atom. The van der Waals surface area contributed by atoms with Gasteiger partial charge in [0.1, 0.15) is 11.5 Å². The molecule has 2 nitrogen and oxygen atoms in total. The summed E-state index contributed by atoms with van der Waals surface area (Å²) in [5.74, 6) is 1.70. The third-order valence-corrected chi connectivity index (χ3v) is 2.94. The second-order valence-corrected chi connectivity index (χ2v) is 4.11. The quantitative estimate of drug-likeness (QED) is 0.866. The summed E-state index contributed by atoms with van der Waals surface area (Å²) in [5.41, 5.74) is 6.60. The fourth-order valence-electron chi connectivity index (χ4n) is 1.29. The first kappa shape index (κ1) is 9.73. The zero-order valence-corrected chi connectivity index (χ0v) is 9.69. The van der Waals surface area contributed by atoms with Gasteiger partial charge in [0.25, 0.3) is 0 Å². The molecule has 14 heavy (non-hydrogen) atoms. The first-order chi connectivity index (χ1) is 6.81. The van der Waals surface area contributed by atoms with Crippen molar-refractivity contribution in [3.05, 3.63) is 45.7 Å². The highest BCUT2D eigenvalue weighted by Crippen LogP contribution is 2.26. The topological polar surface area (TPSA) is 39.2 Å². The van der Waals surface area contributed by atoms with Crippen LogP contribution in [0.2, 0.25) is 0 Å². The molecule has 0 spiro atoms. The van der Waals surface area contributed by atoms with Gasteiger partial charge in [-0.2, -0.15) is 0 Å². The second kappa shape index (κ2) is 4.14. The van der Waals surface area contributed by atoms with Crippen LogP contribution in [0, 0.1) is 3.57 Å². The molecule has 0 aliphatic heterocycles. The van der Waals surface area contributed by atoms with Gasteiger partial charge in [0.15, 0.2) is 0 Å². The summed E-state index contributed by atoms with van der Waals surface area (Å²) in [6.07, 6.45) is 0. The van der Waals surface area contributed by atoms with E-state index >= 15 is 0 Å². The maximum Gasteiger partial charge on any atom is 0.135 e. The fraction of sp³-hybridized carbons (Fsp3) is 0.0909. The third-order valence-electron chi connectivity index (χ3n) is 2.00. The zero-order chi connectivity index (χ0) is 9.97. The molecule has 0 aliphatic carbocycles. The maximum atomic E-state index is 5.57. The molecule has 2 rings (SSSR count). The predicted octanol–water partition coefficient (Wildman–Crippen LogP) is 3.01. The molecular weight excluding hydrogens is 289 g/mol. The number of hydrogen-bond donors (Lipinski definition) is 1. The standard InChI is InChI=1S/C11H10INO/c12-10-4-2-1-3-9(10)11-6-5-8(7-13)14-11/h1-6H,7,13H2. The zero-order valence-electron chi connectivity index (χ0n) is 7.53. The first-order valence-corrected chi connectivity index (χ1v) is 5.43. The summed E-state index contributed by atoms with van der Waals surface area (Å²) in [7, 11) is 0. The highest BCUT2D eigenvalue weighted by molar-refractivity contribution is 14.1. The molecule has 72 valence electrons. The van der Waals surface area contributed by atoms with Gasteiger partial charge in [-0.25, -0.2) is 0 Å². The number of nitrogens with two attached hydrogens (primary N) is 1. The van der Waals surface area contributed by atoms with Crippen LogP contribution in [0.4, 0.5) is 0 Å². The Morgan fingerprint density at radius 2 is 1.93 bits per heavy atom. The van der Waals surface area contributed by atoms with E-state index in [9.17, 15) is 0 Å². The highest BCUT2D eigenvalue weighted by Gasteiger charge is 2.06. The molecule has 0 saturated heterocycles. The van der Waals surface area contributed by atoms with Gasteiger partial charge in [0, 0.05) is 9.13 Å². The number of halogens is 1. The van der Waals surface area contributed by atoms with Crippen LogP contribution in [0.25, 0.3) is 11.3 Å². The van der Waals surface area contributed by atoms with Crippen LogP contribution >= 0.6 is 22.6 Å². The Kier molecular flexibility index (Phi) is 2.88. The highest BCUT2D eigenvalue weighted by atomic mass is 127. The van der Waals surface area contributed by atoms with Crippen LogP contribution in [-0.2, 0) is 6.54 Å². The number of rotatable bonds is 2. The van der Waals surface area contributed by atoms with Gasteiger partial charge in [-0.05, 0) is 40.8 Å². The van der Waals surface area contributed by atoms with Gasteiger partial charge in [-0.1, -0.05) is 18.2 Å². The molecule has 1 heterocycles. The van der Waals surface area contributed by atoms with Gasteiger partial charge >= 0.3 is 0 Å². The van der Waals surface area contributed by atoms with Crippen LogP contribution in [0.3, 0.4) is 0 Å². The molecular formula is C11H10INO. The SMILES string of the molecule is NCc1ccc(-c2ccccc2I)o1. The fourth-order valence-corrected chi connectivity index (χ4v) is 1.95. The van der Waals surface area contributed by atoms with E-state index in [-0.39, 0.29) is 0 Å². The van der Waals surface area contributed by atoms with Crippen molar-refractivity contribution in [3.63, 3.8) is 0 Å². The lowest BCUT2D eigenvalue weighted by Crippen LogP contribution is -1.92. The molecule has 0 aliphatic rings. The Labute approximate surface area is 96.2 Å². The predicted molar refractivity (Wildman–Crippen MR) is 64.8 cm³/mol. The minimum atomic E-state index is 0.448. The minimum absolute atomic E-state index is 0.448. The lowest BCUT2D eigenvalue weighted by Gasteiger charge is -1.99. The summed E-state index contributed by atoms with van der Waals surface area (Å²) in [5, 5.41) is 0. The largest absolute Gasteiger partial charge is 0.460 e. The Balaban J connectivity index is 2.44. The number of hydrogen-bond acceptors (Lipinski definition) is 2. The lowest BCUT2D eigenvalue weighted by molar-refractivity contribution is 0.525. The van der Waals surface area contributed by atoms with Gasteiger partial charge < -0.3 is 10.2 Å². The van der Waals surface area contributed by atoms with Crippen molar-refractivity contribution in [3.8, 4) is 11.3 Å². The first-order valence-electron chi connectivity index (χ1n) is 4.35. The van der Waals surface area contributed by atoms with Crippen LogP contribution < -0.4 is 5.73 Å². The van der Waals surface area contributed by atoms with E-state index in [4.69, 9.17) is 10.2 Å². The van der Waals surface area contributed by atoms with Crippen molar-refractivity contribution in [2.24, 2.45) is 5.73 Å². The summed E-state index contributed by atoms with van der Waals surface area (Å²) in [4.78, 5) is 0. The van der Waals surface area contributed by atoms with E-state index in [1.54, 1.807) is 0 Å². The molecule has 3 heteroatoms. The molecule has 1 aromatic heterocycles. The van der Waals surface area contributed by atoms with Crippen LogP contribution in [0.15, 0.2) is 40.8 Å². The van der Waals surface area contributed by atoms with E-state index in [0.717, 1.165) is 17.1 Å². The number of furan rings is 1. The lowest BCUT2D eigenvalue weighted by atomic mass is 10.2. The van der Waals surface area contributed by atoms with Crippen LogP contribution in [0.5, 0.6) is 0 Å². The normalized spacial score (nSPS) is 10.4. The van der Waals surface area contributed by atoms with Crippen molar-refractivity contribution in [1.82, 2.24) is 0 Å². The van der Waals surface area contributed by atoms with Gasteiger partial charge in [0.2, 0.25) is 0 Å². The van der Waals surface area contributed by atoms with Crippen LogP contribution in [0.1, 0.15) is 5.76 Å². The maximum absolute atomic E-state index is 5.57. The Hall–Kier alpha value is -0.810. The van der Waals surface area contributed by atoms with Crippen molar-refractivity contribution < 1.29 is 4.42 Å². The third kappa shape index (κ3) is 1.83. The van der Waals surface area contributed by atoms with E-state index in [1.165, 1.54) is 3.57 Å². The minimum Gasteiger partial charge on any atom is -0.460 e. The molecule has 2 N–H and O–H groups in total. The van der Waals surface area contributed by atoms with Gasteiger partial charge in [-0.15, -0.1) is 0 Å². The molecule has 0 radical (unpaired) electrons. The van der Waals surface area contributed by atoms with Crippen molar-refractivity contribution in [1.29, 1.82) is 0 Å². The molecule has 0 bridgehead atoms. The van der Waals surface area contributed by atoms with Crippen LogP contribution in [-0.4, -0.2) is 0 Å². The van der Waals surface area contributed by atoms with E-state index in [0.29, 0.717) is 6.54 Å². The van der Waals surface area contributed by atoms with Crippen molar-refractivity contribution in [2.45, 2.75) is 6.54 Å². The van der Waals surface area contributed by atoms with Gasteiger partial charge in [-0.3, -0.25) is 0 Å². The summed E-state index contributed by atoms with van der Waals surface area (Å²) >= 11 is 2.29. The Morgan fingerprint density at radius 3 is 2.57 bits per heavy atom. The smallest absolute Gasteiger partial charge is 0.135 e. The molecule has 2 aromatic rings. The van der Waals surface area contributed by atoms with E-state index in [1.807, 2.05) is 30.3 Å². The van der Waals surface area contributed by atoms with Crippen molar-refractivity contribution >= 4 is 22.6 Å². The van der Waals surface area contributed by atoms with E-state index < -0.39 is 0 Å². The Bertz CT molecular complexity index is 436. The molecule has 0 amide bonds.